The fourth-order valence-corrected chi connectivity index (χ4v) is 3.57. The van der Waals surface area contributed by atoms with Crippen LogP contribution >= 0.6 is 37.2 Å². The van der Waals surface area contributed by atoms with Crippen molar-refractivity contribution in [2.75, 3.05) is 19.8 Å². The third kappa shape index (κ3) is 3.90. The average molecular weight is 476 g/mol. The van der Waals surface area contributed by atoms with Crippen LogP contribution < -0.4 is 5.32 Å². The van der Waals surface area contributed by atoms with Gasteiger partial charge < -0.3 is 5.32 Å². The highest BCUT2D eigenvalue weighted by Crippen LogP contribution is 2.29. The third-order valence-corrected chi connectivity index (χ3v) is 5.19. The van der Waals surface area contributed by atoms with Crippen molar-refractivity contribution in [3.8, 4) is 22.6 Å². The van der Waals surface area contributed by atoms with Crippen molar-refractivity contribution in [1.29, 1.82) is 0 Å². The van der Waals surface area contributed by atoms with Crippen LogP contribution in [0.4, 0.5) is 4.39 Å². The second-order valence-corrected chi connectivity index (χ2v) is 6.96. The number of alkyl halides is 1. The second-order valence-electron chi connectivity index (χ2n) is 6.96. The SMILES string of the molecule is Cl.Cl.Cl.Cn1cc(-c2cc3nccn3c(-c3cnn(C4(CCF)CNC4)c3)n2)cn1. The number of hydrogen-bond donors (Lipinski definition) is 1. The Hall–Kier alpha value is -2.20. The van der Waals surface area contributed by atoms with Crippen LogP contribution in [0.15, 0.2) is 43.2 Å². The van der Waals surface area contributed by atoms with Crippen molar-refractivity contribution < 1.29 is 4.39 Å². The molecule has 0 amide bonds. The lowest BCUT2D eigenvalue weighted by Crippen LogP contribution is -2.61. The summed E-state index contributed by atoms with van der Waals surface area (Å²) in [7, 11) is 1.87. The highest BCUT2D eigenvalue weighted by molar-refractivity contribution is 5.86. The summed E-state index contributed by atoms with van der Waals surface area (Å²) in [6.07, 6.45) is 11.5. The van der Waals surface area contributed by atoms with E-state index in [4.69, 9.17) is 4.98 Å². The highest BCUT2D eigenvalue weighted by Gasteiger charge is 2.39. The summed E-state index contributed by atoms with van der Waals surface area (Å²) < 4.78 is 18.6. The van der Waals surface area contributed by atoms with Crippen LogP contribution in [-0.2, 0) is 12.6 Å². The van der Waals surface area contributed by atoms with Gasteiger partial charge in [0.1, 0.15) is 11.5 Å². The summed E-state index contributed by atoms with van der Waals surface area (Å²) in [5, 5.41) is 12.0. The Balaban J connectivity index is 0.00000107. The quantitative estimate of drug-likeness (QED) is 0.480. The molecular weight excluding hydrogens is 454 g/mol. The van der Waals surface area contributed by atoms with Crippen LogP contribution in [0.1, 0.15) is 6.42 Å². The van der Waals surface area contributed by atoms with Crippen molar-refractivity contribution >= 4 is 42.9 Å². The first-order valence-corrected chi connectivity index (χ1v) is 8.84. The normalized spacial score (nSPS) is 14.3. The first-order chi connectivity index (χ1) is 13.2. The first kappa shape index (κ1) is 24.1. The van der Waals surface area contributed by atoms with Crippen molar-refractivity contribution in [3.05, 3.63) is 43.2 Å². The Morgan fingerprint density at radius 3 is 2.50 bits per heavy atom. The van der Waals surface area contributed by atoms with Gasteiger partial charge in [-0.15, -0.1) is 37.2 Å². The minimum Gasteiger partial charge on any atom is -0.312 e. The van der Waals surface area contributed by atoms with Gasteiger partial charge >= 0.3 is 0 Å². The molecule has 0 atom stereocenters. The maximum atomic E-state index is 13.0. The molecule has 4 aromatic rings. The van der Waals surface area contributed by atoms with Gasteiger partial charge in [0.25, 0.3) is 0 Å². The molecule has 5 heterocycles. The van der Waals surface area contributed by atoms with Crippen molar-refractivity contribution in [2.24, 2.45) is 7.05 Å². The Labute approximate surface area is 191 Å². The molecular formula is C18H22Cl3FN8. The number of nitrogens with one attached hydrogen (secondary N) is 1. The molecule has 8 nitrogen and oxygen atoms in total. The molecule has 12 heteroatoms. The lowest BCUT2D eigenvalue weighted by Gasteiger charge is -2.42. The van der Waals surface area contributed by atoms with Crippen LogP contribution in [0.3, 0.4) is 0 Å². The number of hydrogen-bond acceptors (Lipinski definition) is 5. The molecule has 0 aromatic carbocycles. The molecule has 4 aromatic heterocycles. The molecule has 5 rings (SSSR count). The van der Waals surface area contributed by atoms with Crippen LogP contribution in [-0.4, -0.2) is 53.7 Å². The third-order valence-electron chi connectivity index (χ3n) is 5.19. The Morgan fingerprint density at radius 1 is 1.10 bits per heavy atom. The van der Waals surface area contributed by atoms with E-state index < -0.39 is 0 Å². The number of aromatic nitrogens is 7. The standard InChI is InChI=1S/C18H19FN8.3ClH/c1-25-9-13(7-22-25)15-6-16-21-4-5-26(16)17(24-15)14-8-23-27(10-14)18(2-3-19)11-20-12-18;;;/h4-10,20H,2-3,11-12H2,1H3;3*1H. The topological polar surface area (TPSA) is 77.9 Å². The molecule has 162 valence electrons. The molecule has 1 fully saturated rings. The summed E-state index contributed by atoms with van der Waals surface area (Å²) in [5.74, 6) is 0.748. The van der Waals surface area contributed by atoms with Gasteiger partial charge in [-0.2, -0.15) is 10.2 Å². The van der Waals surface area contributed by atoms with Crippen LogP contribution in [0.2, 0.25) is 0 Å². The number of imidazole rings is 1. The molecule has 0 bridgehead atoms. The summed E-state index contributed by atoms with van der Waals surface area (Å²) >= 11 is 0. The Bertz CT molecular complexity index is 1120. The Kier molecular flexibility index (Phi) is 7.46. The number of aryl methyl sites for hydroxylation is 1. The smallest absolute Gasteiger partial charge is 0.149 e. The molecule has 1 N–H and O–H groups in total. The fourth-order valence-electron chi connectivity index (χ4n) is 3.57. The van der Waals surface area contributed by atoms with Crippen LogP contribution in [0.5, 0.6) is 0 Å². The van der Waals surface area contributed by atoms with Gasteiger partial charge in [-0.05, 0) is 0 Å². The van der Waals surface area contributed by atoms with Crippen molar-refractivity contribution in [3.63, 3.8) is 0 Å². The summed E-state index contributed by atoms with van der Waals surface area (Å²) in [6, 6.07) is 1.94. The first-order valence-electron chi connectivity index (χ1n) is 8.84. The zero-order valence-corrected chi connectivity index (χ0v) is 18.6. The lowest BCUT2D eigenvalue weighted by molar-refractivity contribution is 0.129. The molecule has 0 aliphatic carbocycles. The van der Waals surface area contributed by atoms with E-state index in [1.807, 2.05) is 40.8 Å². The summed E-state index contributed by atoms with van der Waals surface area (Å²) in [4.78, 5) is 9.26. The van der Waals surface area contributed by atoms with Gasteiger partial charge in [-0.1, -0.05) is 0 Å². The molecule has 1 aliphatic rings. The van der Waals surface area contributed by atoms with E-state index in [2.05, 4.69) is 20.5 Å². The molecule has 0 radical (unpaired) electrons. The van der Waals surface area contributed by atoms with Crippen LogP contribution in [0.25, 0.3) is 28.3 Å². The number of rotatable bonds is 5. The van der Waals surface area contributed by atoms with Gasteiger partial charge in [0.15, 0.2) is 0 Å². The monoisotopic (exact) mass is 474 g/mol. The molecule has 1 saturated heterocycles. The van der Waals surface area contributed by atoms with E-state index in [1.165, 1.54) is 0 Å². The predicted octanol–water partition coefficient (Wildman–Crippen LogP) is 2.92. The minimum atomic E-state index is -0.364. The Morgan fingerprint density at radius 2 is 1.87 bits per heavy atom. The zero-order chi connectivity index (χ0) is 18.4. The minimum absolute atomic E-state index is 0. The van der Waals surface area contributed by atoms with E-state index in [0.29, 0.717) is 6.42 Å². The average Bonchev–Trinajstić information content (AvgIpc) is 3.37. The molecule has 0 spiro atoms. The number of nitrogens with zero attached hydrogens (tertiary/aromatic N) is 7. The molecule has 1 aliphatic heterocycles. The van der Waals surface area contributed by atoms with Crippen molar-refractivity contribution in [1.82, 2.24) is 39.2 Å². The van der Waals surface area contributed by atoms with Crippen LogP contribution in [0, 0.1) is 0 Å². The van der Waals surface area contributed by atoms with E-state index in [1.54, 1.807) is 23.3 Å². The maximum absolute atomic E-state index is 13.0. The maximum Gasteiger partial charge on any atom is 0.149 e. The van der Waals surface area contributed by atoms with Gasteiger partial charge in [0.2, 0.25) is 0 Å². The van der Waals surface area contributed by atoms with E-state index in [-0.39, 0.29) is 49.4 Å². The van der Waals surface area contributed by atoms with E-state index >= 15 is 0 Å². The molecule has 0 saturated carbocycles. The molecule has 30 heavy (non-hydrogen) atoms. The summed E-state index contributed by atoms with van der Waals surface area (Å²) in [5.41, 5.74) is 3.11. The van der Waals surface area contributed by atoms with E-state index in [0.717, 1.165) is 41.4 Å². The zero-order valence-electron chi connectivity index (χ0n) is 16.1. The van der Waals surface area contributed by atoms with Gasteiger partial charge in [0.05, 0.1) is 35.9 Å². The van der Waals surface area contributed by atoms with Gasteiger partial charge in [-0.25, -0.2) is 9.97 Å². The predicted molar refractivity (Wildman–Crippen MR) is 120 cm³/mol. The van der Waals surface area contributed by atoms with Gasteiger partial charge in [-0.3, -0.25) is 18.2 Å². The summed E-state index contributed by atoms with van der Waals surface area (Å²) in [6.45, 7) is 1.08. The highest BCUT2D eigenvalue weighted by atomic mass is 35.5. The lowest BCUT2D eigenvalue weighted by atomic mass is 9.89. The van der Waals surface area contributed by atoms with E-state index in [9.17, 15) is 4.39 Å². The largest absolute Gasteiger partial charge is 0.312 e. The second kappa shape index (κ2) is 9.30. The molecule has 0 unspecified atom stereocenters. The number of fused-ring (bicyclic) bond motifs is 1. The number of halogens is 4. The fraction of sp³-hybridized carbons (Fsp3) is 0.333. The van der Waals surface area contributed by atoms with Crippen molar-refractivity contribution in [2.45, 2.75) is 12.0 Å². The van der Waals surface area contributed by atoms with Gasteiger partial charge in [0, 0.05) is 63.0 Å².